The van der Waals surface area contributed by atoms with Crippen LogP contribution in [-0.4, -0.2) is 39.6 Å². The van der Waals surface area contributed by atoms with E-state index in [-0.39, 0.29) is 24.0 Å². The molecule has 0 bridgehead atoms. The number of nitrogens with zero attached hydrogens (tertiary/aromatic N) is 5. The second-order valence-corrected chi connectivity index (χ2v) is 5.42. The minimum absolute atomic E-state index is 0. The number of halogens is 1. The van der Waals surface area contributed by atoms with Crippen LogP contribution in [-0.2, 0) is 13.1 Å². The van der Waals surface area contributed by atoms with Crippen LogP contribution in [0.15, 0.2) is 59.7 Å². The Labute approximate surface area is 158 Å². The molecule has 0 atom stereocenters. The Morgan fingerprint density at radius 3 is 2.58 bits per heavy atom. The molecular weight excluding hydrogens is 415 g/mol. The number of aromatic nitrogens is 3. The van der Waals surface area contributed by atoms with E-state index < -0.39 is 0 Å². The summed E-state index contributed by atoms with van der Waals surface area (Å²) in [6.45, 7) is 1.21. The quantitative estimate of drug-likeness (QED) is 0.388. The SMILES string of the molecule is CN(C)C(=NCc1ccccc1)NCc1nnc2ccccn12.I. The molecule has 2 aromatic heterocycles. The highest BCUT2D eigenvalue weighted by Gasteiger charge is 2.07. The first-order chi connectivity index (χ1) is 11.2. The van der Waals surface area contributed by atoms with Gasteiger partial charge in [0.05, 0.1) is 13.1 Å². The van der Waals surface area contributed by atoms with Gasteiger partial charge < -0.3 is 10.2 Å². The lowest BCUT2D eigenvalue weighted by Crippen LogP contribution is -2.36. The molecule has 0 saturated heterocycles. The van der Waals surface area contributed by atoms with Gasteiger partial charge in [-0.15, -0.1) is 34.2 Å². The van der Waals surface area contributed by atoms with Crippen LogP contribution >= 0.6 is 24.0 Å². The molecule has 0 spiro atoms. The molecule has 0 aliphatic rings. The fourth-order valence-electron chi connectivity index (χ4n) is 2.27. The smallest absolute Gasteiger partial charge is 0.194 e. The van der Waals surface area contributed by atoms with E-state index in [0.29, 0.717) is 13.1 Å². The van der Waals surface area contributed by atoms with Crippen LogP contribution < -0.4 is 5.32 Å². The predicted octanol–water partition coefficient (Wildman–Crippen LogP) is 2.55. The van der Waals surface area contributed by atoms with Crippen LogP contribution in [0.2, 0.25) is 0 Å². The predicted molar refractivity (Wildman–Crippen MR) is 107 cm³/mol. The summed E-state index contributed by atoms with van der Waals surface area (Å²) >= 11 is 0. The van der Waals surface area contributed by atoms with E-state index in [1.54, 1.807) is 0 Å². The van der Waals surface area contributed by atoms with Crippen molar-refractivity contribution < 1.29 is 0 Å². The summed E-state index contributed by atoms with van der Waals surface area (Å²) in [4.78, 5) is 6.61. The zero-order valence-corrected chi connectivity index (χ0v) is 16.1. The Morgan fingerprint density at radius 2 is 1.83 bits per heavy atom. The van der Waals surface area contributed by atoms with Gasteiger partial charge in [0.2, 0.25) is 0 Å². The van der Waals surface area contributed by atoms with Gasteiger partial charge in [-0.2, -0.15) is 0 Å². The maximum absolute atomic E-state index is 4.65. The molecule has 126 valence electrons. The molecule has 0 aliphatic heterocycles. The van der Waals surface area contributed by atoms with Gasteiger partial charge in [0.1, 0.15) is 0 Å². The Hall–Kier alpha value is -2.16. The molecule has 0 aliphatic carbocycles. The van der Waals surface area contributed by atoms with E-state index in [0.717, 1.165) is 17.4 Å². The van der Waals surface area contributed by atoms with Gasteiger partial charge in [-0.25, -0.2) is 4.99 Å². The molecule has 24 heavy (non-hydrogen) atoms. The summed E-state index contributed by atoms with van der Waals surface area (Å²) in [7, 11) is 3.94. The van der Waals surface area contributed by atoms with Gasteiger partial charge in [0.15, 0.2) is 17.4 Å². The van der Waals surface area contributed by atoms with Crippen molar-refractivity contribution in [2.75, 3.05) is 14.1 Å². The van der Waals surface area contributed by atoms with Crippen molar-refractivity contribution in [2.24, 2.45) is 4.99 Å². The summed E-state index contributed by atoms with van der Waals surface area (Å²) in [5.74, 6) is 1.68. The zero-order chi connectivity index (χ0) is 16.1. The van der Waals surface area contributed by atoms with E-state index in [1.807, 2.05) is 66.0 Å². The van der Waals surface area contributed by atoms with Crippen LogP contribution in [0.25, 0.3) is 5.65 Å². The van der Waals surface area contributed by atoms with Gasteiger partial charge in [-0.1, -0.05) is 36.4 Å². The molecule has 1 aromatic carbocycles. The average molecular weight is 436 g/mol. The third kappa shape index (κ3) is 4.44. The fraction of sp³-hybridized carbons (Fsp3) is 0.235. The number of pyridine rings is 1. The molecule has 7 heteroatoms. The highest BCUT2D eigenvalue weighted by Crippen LogP contribution is 2.03. The first-order valence-corrected chi connectivity index (χ1v) is 7.52. The molecule has 0 fully saturated rings. The average Bonchev–Trinajstić information content (AvgIpc) is 2.99. The van der Waals surface area contributed by atoms with Crippen LogP contribution in [0.4, 0.5) is 0 Å². The number of rotatable bonds is 4. The zero-order valence-electron chi connectivity index (χ0n) is 13.8. The monoisotopic (exact) mass is 436 g/mol. The third-order valence-corrected chi connectivity index (χ3v) is 3.47. The maximum atomic E-state index is 4.65. The van der Waals surface area contributed by atoms with Crippen LogP contribution in [0.3, 0.4) is 0 Å². The standard InChI is InChI=1S/C17H20N6.HI/c1-22(2)17(18-12-14-8-4-3-5-9-14)19-13-16-21-20-15-10-6-7-11-23(15)16;/h3-11H,12-13H2,1-2H3,(H,18,19);1H. The molecule has 2 heterocycles. The van der Waals surface area contributed by atoms with Crippen molar-refractivity contribution in [1.82, 2.24) is 24.8 Å². The number of hydrogen-bond donors (Lipinski definition) is 1. The van der Waals surface area contributed by atoms with Crippen molar-refractivity contribution in [2.45, 2.75) is 13.1 Å². The van der Waals surface area contributed by atoms with E-state index >= 15 is 0 Å². The van der Waals surface area contributed by atoms with Crippen molar-refractivity contribution in [3.8, 4) is 0 Å². The second-order valence-electron chi connectivity index (χ2n) is 5.42. The lowest BCUT2D eigenvalue weighted by Gasteiger charge is -2.17. The summed E-state index contributed by atoms with van der Waals surface area (Å²) < 4.78 is 1.97. The molecule has 3 rings (SSSR count). The third-order valence-electron chi connectivity index (χ3n) is 3.47. The molecular formula is C17H21IN6. The number of benzene rings is 1. The minimum Gasteiger partial charge on any atom is -0.349 e. The molecule has 0 saturated carbocycles. The summed E-state index contributed by atoms with van der Waals surface area (Å²) in [5, 5.41) is 11.7. The van der Waals surface area contributed by atoms with Crippen molar-refractivity contribution in [3.63, 3.8) is 0 Å². The van der Waals surface area contributed by atoms with E-state index in [9.17, 15) is 0 Å². The van der Waals surface area contributed by atoms with Crippen LogP contribution in [0.5, 0.6) is 0 Å². The number of hydrogen-bond acceptors (Lipinski definition) is 3. The van der Waals surface area contributed by atoms with E-state index in [1.165, 1.54) is 5.56 Å². The van der Waals surface area contributed by atoms with E-state index in [4.69, 9.17) is 0 Å². The highest BCUT2D eigenvalue weighted by molar-refractivity contribution is 14.0. The Balaban J connectivity index is 0.00000208. The van der Waals surface area contributed by atoms with Crippen LogP contribution in [0.1, 0.15) is 11.4 Å². The summed E-state index contributed by atoms with van der Waals surface area (Å²) in [6.07, 6.45) is 1.96. The number of fused-ring (bicyclic) bond motifs is 1. The van der Waals surface area contributed by atoms with E-state index in [2.05, 4.69) is 32.6 Å². The van der Waals surface area contributed by atoms with Gasteiger partial charge >= 0.3 is 0 Å². The molecule has 3 aromatic rings. The summed E-state index contributed by atoms with van der Waals surface area (Å²) in [5.41, 5.74) is 2.03. The molecule has 6 nitrogen and oxygen atoms in total. The molecule has 0 radical (unpaired) electrons. The fourth-order valence-corrected chi connectivity index (χ4v) is 2.27. The van der Waals surface area contributed by atoms with Gasteiger partial charge in [0.25, 0.3) is 0 Å². The first kappa shape index (κ1) is 18.2. The van der Waals surface area contributed by atoms with Gasteiger partial charge in [-0.05, 0) is 17.7 Å². The molecule has 0 amide bonds. The number of guanidine groups is 1. The topological polar surface area (TPSA) is 57.8 Å². The number of nitrogens with one attached hydrogen (secondary N) is 1. The van der Waals surface area contributed by atoms with Crippen molar-refractivity contribution in [1.29, 1.82) is 0 Å². The second kappa shape index (κ2) is 8.62. The van der Waals surface area contributed by atoms with Crippen LogP contribution in [0, 0.1) is 0 Å². The van der Waals surface area contributed by atoms with Crippen molar-refractivity contribution in [3.05, 3.63) is 66.1 Å². The molecule has 1 N–H and O–H groups in total. The maximum Gasteiger partial charge on any atom is 0.194 e. The normalized spacial score (nSPS) is 11.2. The summed E-state index contributed by atoms with van der Waals surface area (Å²) in [6, 6.07) is 16.1. The van der Waals surface area contributed by atoms with Gasteiger partial charge in [-0.3, -0.25) is 4.40 Å². The Kier molecular flexibility index (Phi) is 6.53. The Morgan fingerprint density at radius 1 is 1.08 bits per heavy atom. The minimum atomic E-state index is 0. The Bertz CT molecular complexity index is 797. The first-order valence-electron chi connectivity index (χ1n) is 7.52. The van der Waals surface area contributed by atoms with Gasteiger partial charge in [0, 0.05) is 20.3 Å². The largest absolute Gasteiger partial charge is 0.349 e. The lowest BCUT2D eigenvalue weighted by molar-refractivity contribution is 0.574. The van der Waals surface area contributed by atoms with Crippen molar-refractivity contribution >= 4 is 35.6 Å². The number of aliphatic imine (C=N–C) groups is 1. The molecule has 0 unspecified atom stereocenters. The highest BCUT2D eigenvalue weighted by atomic mass is 127. The lowest BCUT2D eigenvalue weighted by atomic mass is 10.2.